The Hall–Kier alpha value is -2.31. The van der Waals surface area contributed by atoms with Crippen LogP contribution in [0.1, 0.15) is 10.4 Å². The van der Waals surface area contributed by atoms with Crippen LogP contribution in [0.3, 0.4) is 0 Å². The fourth-order valence-electron chi connectivity index (χ4n) is 2.00. The van der Waals surface area contributed by atoms with Crippen molar-refractivity contribution in [2.75, 3.05) is 5.32 Å². The van der Waals surface area contributed by atoms with Crippen LogP contribution in [0.2, 0.25) is 5.02 Å². The number of halogens is 2. The number of nitrogens with one attached hydrogen (secondary N) is 1. The number of nitrogens with zero attached hydrogens (tertiary/aromatic N) is 2. The molecule has 3 aromatic rings. The largest absolute Gasteiger partial charge is 0.471 e. The second kappa shape index (κ2) is 7.51. The van der Waals surface area contributed by atoms with E-state index in [9.17, 15) is 4.79 Å². The first kappa shape index (κ1) is 16.5. The molecule has 0 aliphatic heterocycles. The maximum absolute atomic E-state index is 12.1. The number of benzene rings is 2. The molecule has 24 heavy (non-hydrogen) atoms. The Morgan fingerprint density at radius 1 is 1.25 bits per heavy atom. The number of amides is 1. The number of carbonyl (C=O) groups excluding carboxylic acids is 1. The molecule has 0 saturated carbocycles. The van der Waals surface area contributed by atoms with E-state index in [1.807, 2.05) is 24.3 Å². The molecule has 0 unspecified atom stereocenters. The number of aromatic nitrogens is 2. The summed E-state index contributed by atoms with van der Waals surface area (Å²) in [6, 6.07) is 14.2. The zero-order valence-corrected chi connectivity index (χ0v) is 14.8. The van der Waals surface area contributed by atoms with Crippen molar-refractivity contribution in [1.82, 2.24) is 9.78 Å². The maximum atomic E-state index is 12.1. The lowest BCUT2D eigenvalue weighted by atomic mass is 10.2. The van der Waals surface area contributed by atoms with Gasteiger partial charge in [0.05, 0.1) is 18.1 Å². The minimum absolute atomic E-state index is 0.196. The number of carbonyl (C=O) groups is 1. The third kappa shape index (κ3) is 4.37. The summed E-state index contributed by atoms with van der Waals surface area (Å²) >= 11 is 9.24. The van der Waals surface area contributed by atoms with Crippen molar-refractivity contribution >= 4 is 39.1 Å². The molecule has 122 valence electrons. The topological polar surface area (TPSA) is 56.2 Å². The SMILES string of the molecule is O=C(Nc1cnn(COc2cccc(Cl)c2)c1)c1ccc(Br)cc1. The number of hydrogen-bond acceptors (Lipinski definition) is 3. The Balaban J connectivity index is 1.59. The summed E-state index contributed by atoms with van der Waals surface area (Å²) in [6.07, 6.45) is 3.26. The van der Waals surface area contributed by atoms with Crippen LogP contribution in [0.4, 0.5) is 5.69 Å². The van der Waals surface area contributed by atoms with Crippen LogP contribution in [-0.4, -0.2) is 15.7 Å². The minimum atomic E-state index is -0.196. The van der Waals surface area contributed by atoms with Gasteiger partial charge in [0.1, 0.15) is 5.75 Å². The van der Waals surface area contributed by atoms with Gasteiger partial charge in [0.25, 0.3) is 5.91 Å². The van der Waals surface area contributed by atoms with Crippen molar-refractivity contribution < 1.29 is 9.53 Å². The molecule has 7 heteroatoms. The minimum Gasteiger partial charge on any atom is -0.471 e. The lowest BCUT2D eigenvalue weighted by Crippen LogP contribution is -2.11. The van der Waals surface area contributed by atoms with Gasteiger partial charge in [0.2, 0.25) is 0 Å². The van der Waals surface area contributed by atoms with E-state index in [4.69, 9.17) is 16.3 Å². The van der Waals surface area contributed by atoms with Gasteiger partial charge in [0.15, 0.2) is 6.73 Å². The van der Waals surface area contributed by atoms with Crippen LogP contribution in [0.15, 0.2) is 65.4 Å². The van der Waals surface area contributed by atoms with Gasteiger partial charge in [-0.2, -0.15) is 5.10 Å². The highest BCUT2D eigenvalue weighted by Crippen LogP contribution is 2.18. The molecular weight excluding hydrogens is 394 g/mol. The highest BCUT2D eigenvalue weighted by atomic mass is 79.9. The maximum Gasteiger partial charge on any atom is 0.255 e. The van der Waals surface area contributed by atoms with Gasteiger partial charge in [-0.05, 0) is 42.5 Å². The van der Waals surface area contributed by atoms with Gasteiger partial charge < -0.3 is 10.1 Å². The molecule has 0 aliphatic rings. The van der Waals surface area contributed by atoms with Crippen molar-refractivity contribution in [3.63, 3.8) is 0 Å². The van der Waals surface area contributed by atoms with E-state index in [-0.39, 0.29) is 12.6 Å². The van der Waals surface area contributed by atoms with E-state index < -0.39 is 0 Å². The molecule has 0 saturated heterocycles. The molecule has 0 atom stereocenters. The Morgan fingerprint density at radius 2 is 2.04 bits per heavy atom. The van der Waals surface area contributed by atoms with E-state index in [0.717, 1.165) is 4.47 Å². The van der Waals surface area contributed by atoms with Crippen LogP contribution < -0.4 is 10.1 Å². The number of anilines is 1. The molecule has 2 aromatic carbocycles. The molecule has 0 radical (unpaired) electrons. The summed E-state index contributed by atoms with van der Waals surface area (Å²) in [4.78, 5) is 12.1. The lowest BCUT2D eigenvalue weighted by Gasteiger charge is -2.06. The first-order valence-corrected chi connectivity index (χ1v) is 8.25. The Kier molecular flexibility index (Phi) is 5.17. The molecular formula is C17H13BrClN3O2. The monoisotopic (exact) mass is 405 g/mol. The van der Waals surface area contributed by atoms with Crippen LogP contribution in [0.25, 0.3) is 0 Å². The van der Waals surface area contributed by atoms with Crippen LogP contribution in [0.5, 0.6) is 5.75 Å². The fourth-order valence-corrected chi connectivity index (χ4v) is 2.45. The van der Waals surface area contributed by atoms with Crippen molar-refractivity contribution in [2.45, 2.75) is 6.73 Å². The third-order valence-electron chi connectivity index (χ3n) is 3.16. The normalized spacial score (nSPS) is 10.4. The van der Waals surface area contributed by atoms with Crippen LogP contribution in [-0.2, 0) is 6.73 Å². The van der Waals surface area contributed by atoms with Gasteiger partial charge in [-0.1, -0.05) is 33.6 Å². The Labute approximate surface area is 152 Å². The summed E-state index contributed by atoms with van der Waals surface area (Å²) in [5.41, 5.74) is 1.17. The quantitative estimate of drug-likeness (QED) is 0.674. The average molecular weight is 407 g/mol. The molecule has 1 amide bonds. The Morgan fingerprint density at radius 3 is 2.79 bits per heavy atom. The molecule has 0 bridgehead atoms. The zero-order valence-electron chi connectivity index (χ0n) is 12.4. The molecule has 0 spiro atoms. The first-order valence-electron chi connectivity index (χ1n) is 7.08. The summed E-state index contributed by atoms with van der Waals surface area (Å²) in [6.45, 7) is 0.217. The second-order valence-corrected chi connectivity index (χ2v) is 6.31. The second-order valence-electron chi connectivity index (χ2n) is 4.96. The molecule has 5 nitrogen and oxygen atoms in total. The summed E-state index contributed by atoms with van der Waals surface area (Å²) in [7, 11) is 0. The molecule has 0 fully saturated rings. The van der Waals surface area contributed by atoms with E-state index in [2.05, 4.69) is 26.3 Å². The molecule has 0 aliphatic carbocycles. The summed E-state index contributed by atoms with van der Waals surface area (Å²) < 4.78 is 8.09. The van der Waals surface area contributed by atoms with E-state index in [1.54, 1.807) is 41.3 Å². The van der Waals surface area contributed by atoms with Gasteiger partial charge in [-0.3, -0.25) is 4.79 Å². The van der Waals surface area contributed by atoms with Crippen LogP contribution in [0, 0.1) is 0 Å². The van der Waals surface area contributed by atoms with Crippen molar-refractivity contribution in [3.8, 4) is 5.75 Å². The van der Waals surface area contributed by atoms with Gasteiger partial charge in [-0.15, -0.1) is 0 Å². The predicted octanol–water partition coefficient (Wildman–Crippen LogP) is 4.59. The Bertz CT molecular complexity index is 849. The predicted molar refractivity (Wildman–Crippen MR) is 96.4 cm³/mol. The standard InChI is InChI=1S/C17H13BrClN3O2/c18-13-6-4-12(5-7-13)17(23)21-15-9-20-22(10-15)11-24-16-3-1-2-14(19)8-16/h1-10H,11H2,(H,21,23). The average Bonchev–Trinajstić information content (AvgIpc) is 3.01. The molecule has 1 heterocycles. The van der Waals surface area contributed by atoms with Gasteiger partial charge in [0, 0.05) is 15.1 Å². The van der Waals surface area contributed by atoms with Crippen LogP contribution >= 0.6 is 27.5 Å². The third-order valence-corrected chi connectivity index (χ3v) is 3.92. The number of ether oxygens (including phenoxy) is 1. The van der Waals surface area contributed by atoms with E-state index >= 15 is 0 Å². The smallest absolute Gasteiger partial charge is 0.255 e. The fraction of sp³-hybridized carbons (Fsp3) is 0.0588. The van der Waals surface area contributed by atoms with Crippen molar-refractivity contribution in [3.05, 3.63) is 76.0 Å². The highest BCUT2D eigenvalue weighted by molar-refractivity contribution is 9.10. The number of hydrogen-bond donors (Lipinski definition) is 1. The zero-order chi connectivity index (χ0) is 16.9. The van der Waals surface area contributed by atoms with Crippen molar-refractivity contribution in [2.24, 2.45) is 0 Å². The number of rotatable bonds is 5. The van der Waals surface area contributed by atoms with Gasteiger partial charge in [-0.25, -0.2) is 4.68 Å². The summed E-state index contributed by atoms with van der Waals surface area (Å²) in [5, 5.41) is 7.55. The van der Waals surface area contributed by atoms with Crippen molar-refractivity contribution in [1.29, 1.82) is 0 Å². The molecule has 1 aromatic heterocycles. The van der Waals surface area contributed by atoms with E-state index in [0.29, 0.717) is 22.0 Å². The van der Waals surface area contributed by atoms with E-state index in [1.165, 1.54) is 0 Å². The first-order chi connectivity index (χ1) is 11.6. The summed E-state index contributed by atoms with van der Waals surface area (Å²) in [5.74, 6) is 0.455. The lowest BCUT2D eigenvalue weighted by molar-refractivity contribution is 0.102. The molecule has 3 rings (SSSR count). The highest BCUT2D eigenvalue weighted by Gasteiger charge is 2.07. The van der Waals surface area contributed by atoms with Gasteiger partial charge >= 0.3 is 0 Å². The molecule has 1 N–H and O–H groups in total.